The molecule has 0 radical (unpaired) electrons. The monoisotopic (exact) mass is 632 g/mol. The van der Waals surface area contributed by atoms with Crippen LogP contribution in [0.25, 0.3) is 0 Å². The Morgan fingerprint density at radius 2 is 1.28 bits per heavy atom. The topological polar surface area (TPSA) is 132 Å². The molecule has 0 aromatic rings. The SMILES string of the molecule is CCCCC/C=C\CC1OC1CCCCCCCC(=O)OC[C@H](COP(=O)(O)O)OC(=O)CCCCCCCCCCC. The average molecular weight is 633 g/mol. The minimum Gasteiger partial charge on any atom is -0.462 e. The van der Waals surface area contributed by atoms with Crippen molar-refractivity contribution < 1.29 is 42.7 Å². The highest BCUT2D eigenvalue weighted by atomic mass is 31.2. The summed E-state index contributed by atoms with van der Waals surface area (Å²) in [5, 5.41) is 0. The zero-order valence-electron chi connectivity index (χ0n) is 27.1. The number of carbonyl (C=O) groups is 2. The van der Waals surface area contributed by atoms with Crippen LogP contribution in [0.4, 0.5) is 0 Å². The zero-order chi connectivity index (χ0) is 31.6. The first-order valence-electron chi connectivity index (χ1n) is 17.1. The van der Waals surface area contributed by atoms with Crippen LogP contribution in [-0.4, -0.2) is 53.3 Å². The van der Waals surface area contributed by atoms with Crippen LogP contribution in [-0.2, 0) is 32.9 Å². The van der Waals surface area contributed by atoms with Gasteiger partial charge >= 0.3 is 19.8 Å². The lowest BCUT2D eigenvalue weighted by Gasteiger charge is -2.18. The summed E-state index contributed by atoms with van der Waals surface area (Å²) in [6.07, 6.45) is 26.8. The van der Waals surface area contributed by atoms with E-state index in [2.05, 4.69) is 30.5 Å². The lowest BCUT2D eigenvalue weighted by Crippen LogP contribution is -2.29. The van der Waals surface area contributed by atoms with Crippen molar-refractivity contribution in [1.29, 1.82) is 0 Å². The number of rotatable bonds is 30. The van der Waals surface area contributed by atoms with Crippen LogP contribution in [0.5, 0.6) is 0 Å². The molecule has 0 amide bonds. The van der Waals surface area contributed by atoms with Gasteiger partial charge in [-0.1, -0.05) is 116 Å². The number of phosphoric ester groups is 1. The van der Waals surface area contributed by atoms with Gasteiger partial charge in [0.15, 0.2) is 6.10 Å². The van der Waals surface area contributed by atoms with Crippen molar-refractivity contribution in [3.05, 3.63) is 12.2 Å². The van der Waals surface area contributed by atoms with Crippen LogP contribution in [0.15, 0.2) is 12.2 Å². The number of hydrogen-bond acceptors (Lipinski definition) is 7. The molecule has 1 fully saturated rings. The highest BCUT2D eigenvalue weighted by Crippen LogP contribution is 2.36. The summed E-state index contributed by atoms with van der Waals surface area (Å²) in [6, 6.07) is 0. The van der Waals surface area contributed by atoms with Gasteiger partial charge in [0.05, 0.1) is 18.8 Å². The Kier molecular flexibility index (Phi) is 24.1. The van der Waals surface area contributed by atoms with E-state index in [1.807, 2.05) is 0 Å². The van der Waals surface area contributed by atoms with Crippen LogP contribution >= 0.6 is 7.82 Å². The van der Waals surface area contributed by atoms with E-state index >= 15 is 0 Å². The molecule has 0 aliphatic carbocycles. The maximum atomic E-state index is 12.3. The third-order valence-corrected chi connectivity index (χ3v) is 8.19. The fourth-order valence-electron chi connectivity index (χ4n) is 5.03. The van der Waals surface area contributed by atoms with Crippen molar-refractivity contribution in [2.45, 2.75) is 173 Å². The molecule has 2 N–H and O–H groups in total. The van der Waals surface area contributed by atoms with Gasteiger partial charge in [0.1, 0.15) is 6.61 Å². The predicted octanol–water partition coefficient (Wildman–Crippen LogP) is 8.50. The number of esters is 2. The molecule has 9 nitrogen and oxygen atoms in total. The largest absolute Gasteiger partial charge is 0.469 e. The van der Waals surface area contributed by atoms with Gasteiger partial charge in [0.25, 0.3) is 0 Å². The molecule has 1 aliphatic rings. The average Bonchev–Trinajstić information content (AvgIpc) is 3.72. The Labute approximate surface area is 261 Å². The molecule has 1 rings (SSSR count). The summed E-state index contributed by atoms with van der Waals surface area (Å²) in [5.41, 5.74) is 0. The molecule has 252 valence electrons. The van der Waals surface area contributed by atoms with Gasteiger partial charge < -0.3 is 24.0 Å². The number of allylic oxidation sites excluding steroid dienone is 1. The van der Waals surface area contributed by atoms with Gasteiger partial charge in [0, 0.05) is 12.8 Å². The van der Waals surface area contributed by atoms with E-state index in [4.69, 9.17) is 24.0 Å². The van der Waals surface area contributed by atoms with Gasteiger partial charge in [-0.05, 0) is 38.5 Å². The lowest BCUT2D eigenvalue weighted by atomic mass is 10.1. The number of phosphoric acid groups is 1. The van der Waals surface area contributed by atoms with Gasteiger partial charge in [-0.3, -0.25) is 14.1 Å². The third kappa shape index (κ3) is 25.7. The molecule has 0 aromatic carbocycles. The first-order valence-corrected chi connectivity index (χ1v) is 18.6. The molecule has 43 heavy (non-hydrogen) atoms. The van der Waals surface area contributed by atoms with Gasteiger partial charge in [-0.25, -0.2) is 4.57 Å². The van der Waals surface area contributed by atoms with Gasteiger partial charge in [-0.15, -0.1) is 0 Å². The van der Waals surface area contributed by atoms with E-state index in [1.165, 1.54) is 51.4 Å². The summed E-state index contributed by atoms with van der Waals surface area (Å²) in [7, 11) is -4.74. The van der Waals surface area contributed by atoms with Crippen LogP contribution in [0, 0.1) is 0 Å². The van der Waals surface area contributed by atoms with Crippen molar-refractivity contribution in [2.75, 3.05) is 13.2 Å². The number of ether oxygens (including phenoxy) is 3. The van der Waals surface area contributed by atoms with E-state index in [-0.39, 0.29) is 19.4 Å². The summed E-state index contributed by atoms with van der Waals surface area (Å²) >= 11 is 0. The van der Waals surface area contributed by atoms with Crippen LogP contribution in [0.1, 0.15) is 155 Å². The molecular weight excluding hydrogens is 571 g/mol. The Hall–Kier alpha value is -1.25. The zero-order valence-corrected chi connectivity index (χ0v) is 28.0. The number of carbonyl (C=O) groups excluding carboxylic acids is 2. The quantitative estimate of drug-likeness (QED) is 0.0263. The van der Waals surface area contributed by atoms with Gasteiger partial charge in [0.2, 0.25) is 0 Å². The number of hydrogen-bond donors (Lipinski definition) is 2. The van der Waals surface area contributed by atoms with E-state index in [1.54, 1.807) is 0 Å². The van der Waals surface area contributed by atoms with Crippen molar-refractivity contribution in [3.8, 4) is 0 Å². The third-order valence-electron chi connectivity index (χ3n) is 7.71. The fraction of sp³-hybridized carbons (Fsp3) is 0.879. The van der Waals surface area contributed by atoms with Crippen molar-refractivity contribution in [2.24, 2.45) is 0 Å². The molecule has 0 bridgehead atoms. The van der Waals surface area contributed by atoms with E-state index in [0.717, 1.165) is 64.2 Å². The summed E-state index contributed by atoms with van der Waals surface area (Å²) in [4.78, 5) is 42.5. The molecular formula is C33H61O9P. The molecule has 10 heteroatoms. The smallest absolute Gasteiger partial charge is 0.462 e. The second kappa shape index (κ2) is 26.0. The lowest BCUT2D eigenvalue weighted by molar-refractivity contribution is -0.161. The predicted molar refractivity (Wildman–Crippen MR) is 170 cm³/mol. The van der Waals surface area contributed by atoms with E-state index < -0.39 is 32.5 Å². The number of epoxide rings is 1. The molecule has 0 aromatic heterocycles. The highest BCUT2D eigenvalue weighted by molar-refractivity contribution is 7.46. The molecule has 1 heterocycles. The van der Waals surface area contributed by atoms with Crippen molar-refractivity contribution in [3.63, 3.8) is 0 Å². The van der Waals surface area contributed by atoms with Gasteiger partial charge in [-0.2, -0.15) is 0 Å². The molecule has 0 saturated carbocycles. The first kappa shape index (κ1) is 39.8. The van der Waals surface area contributed by atoms with Crippen LogP contribution in [0.2, 0.25) is 0 Å². The second-order valence-corrected chi connectivity index (χ2v) is 13.1. The van der Waals surface area contributed by atoms with Crippen LogP contribution in [0.3, 0.4) is 0 Å². The van der Waals surface area contributed by atoms with E-state index in [9.17, 15) is 14.2 Å². The highest BCUT2D eigenvalue weighted by Gasteiger charge is 2.36. The molecule has 1 aliphatic heterocycles. The Bertz CT molecular complexity index is 782. The fourth-order valence-corrected chi connectivity index (χ4v) is 5.39. The minimum absolute atomic E-state index is 0.208. The van der Waals surface area contributed by atoms with Crippen LogP contribution < -0.4 is 0 Å². The maximum absolute atomic E-state index is 12.3. The van der Waals surface area contributed by atoms with Crippen molar-refractivity contribution >= 4 is 19.8 Å². The molecule has 2 unspecified atom stereocenters. The Morgan fingerprint density at radius 3 is 1.91 bits per heavy atom. The molecule has 0 spiro atoms. The normalized spacial score (nSPS) is 17.3. The Balaban J connectivity index is 2.11. The number of unbranched alkanes of at least 4 members (excludes halogenated alkanes) is 15. The maximum Gasteiger partial charge on any atom is 0.469 e. The summed E-state index contributed by atoms with van der Waals surface area (Å²) in [6.45, 7) is 3.59. The minimum atomic E-state index is -4.74. The Morgan fingerprint density at radius 1 is 0.721 bits per heavy atom. The molecule has 3 atom stereocenters. The van der Waals surface area contributed by atoms with Crippen molar-refractivity contribution in [1.82, 2.24) is 0 Å². The standard InChI is InChI=1S/C33H61O9P/c1-3-5-7-9-11-12-13-17-22-26-33(35)41-29(28-40-43(36,37)38)27-39-32(34)25-21-18-14-16-20-24-31-30(42-31)23-19-15-10-8-6-4-2/h15,19,29-31H,3-14,16-18,20-28H2,1-2H3,(H2,36,37,38)/b19-15-/t29-,30?,31?/m1/s1. The van der Waals surface area contributed by atoms with E-state index in [0.29, 0.717) is 25.0 Å². The second-order valence-electron chi connectivity index (χ2n) is 11.9. The molecule has 1 saturated heterocycles. The first-order chi connectivity index (χ1) is 20.7. The summed E-state index contributed by atoms with van der Waals surface area (Å²) in [5.74, 6) is -0.909. The summed E-state index contributed by atoms with van der Waals surface area (Å²) < 4.78 is 31.9.